The SMILES string of the molecule is C/C(=N\N(C)c1ccccc1)c1cc2ccc(/C=N/N(C)c3ccccc3)cc2o1. The molecule has 150 valence electrons. The van der Waals surface area contributed by atoms with Crippen LogP contribution in [0.3, 0.4) is 0 Å². The fraction of sp³-hybridized carbons (Fsp3) is 0.120. The van der Waals surface area contributed by atoms with Gasteiger partial charge in [-0.25, -0.2) is 0 Å². The zero-order valence-corrected chi connectivity index (χ0v) is 17.4. The lowest BCUT2D eigenvalue weighted by Gasteiger charge is -2.13. The summed E-state index contributed by atoms with van der Waals surface area (Å²) in [4.78, 5) is 0. The average Bonchev–Trinajstić information content (AvgIpc) is 3.22. The highest BCUT2D eigenvalue weighted by molar-refractivity contribution is 6.00. The lowest BCUT2D eigenvalue weighted by molar-refractivity contribution is 0.603. The van der Waals surface area contributed by atoms with E-state index in [-0.39, 0.29) is 0 Å². The first-order valence-electron chi connectivity index (χ1n) is 9.81. The van der Waals surface area contributed by atoms with Gasteiger partial charge in [0.15, 0.2) is 5.76 Å². The Kier molecular flexibility index (Phi) is 5.61. The molecule has 0 fully saturated rings. The Bertz CT molecular complexity index is 1180. The summed E-state index contributed by atoms with van der Waals surface area (Å²) in [5.41, 5.74) is 4.66. The van der Waals surface area contributed by atoms with Crippen molar-refractivity contribution in [2.24, 2.45) is 10.2 Å². The minimum Gasteiger partial charge on any atom is -0.455 e. The minimum absolute atomic E-state index is 0.753. The van der Waals surface area contributed by atoms with Crippen LogP contribution in [0.4, 0.5) is 11.4 Å². The molecule has 0 aliphatic rings. The van der Waals surface area contributed by atoms with Gasteiger partial charge in [0.1, 0.15) is 11.3 Å². The number of hydrogen-bond acceptors (Lipinski definition) is 5. The van der Waals surface area contributed by atoms with Crippen LogP contribution in [0.1, 0.15) is 18.2 Å². The first-order valence-corrected chi connectivity index (χ1v) is 9.81. The van der Waals surface area contributed by atoms with Crippen molar-refractivity contribution in [3.8, 4) is 0 Å². The van der Waals surface area contributed by atoms with E-state index in [4.69, 9.17) is 4.42 Å². The summed E-state index contributed by atoms with van der Waals surface area (Å²) in [6, 6.07) is 28.1. The predicted molar refractivity (Wildman–Crippen MR) is 126 cm³/mol. The second-order valence-electron chi connectivity index (χ2n) is 7.06. The van der Waals surface area contributed by atoms with E-state index in [0.717, 1.165) is 39.4 Å². The molecule has 1 aromatic heterocycles. The van der Waals surface area contributed by atoms with Crippen LogP contribution in [-0.2, 0) is 0 Å². The third kappa shape index (κ3) is 4.41. The number of furan rings is 1. The maximum absolute atomic E-state index is 6.07. The highest BCUT2D eigenvalue weighted by Crippen LogP contribution is 2.22. The Balaban J connectivity index is 1.53. The van der Waals surface area contributed by atoms with E-state index >= 15 is 0 Å². The molecule has 30 heavy (non-hydrogen) atoms. The van der Waals surface area contributed by atoms with Gasteiger partial charge in [-0.15, -0.1) is 0 Å². The molecule has 0 amide bonds. The van der Waals surface area contributed by atoms with Gasteiger partial charge in [-0.2, -0.15) is 10.2 Å². The Morgan fingerprint density at radius 3 is 2.10 bits per heavy atom. The summed E-state index contributed by atoms with van der Waals surface area (Å²) >= 11 is 0. The largest absolute Gasteiger partial charge is 0.455 e. The number of nitrogens with zero attached hydrogens (tertiary/aromatic N) is 4. The van der Waals surface area contributed by atoms with E-state index in [2.05, 4.69) is 10.2 Å². The predicted octanol–water partition coefficient (Wildman–Crippen LogP) is 5.76. The Labute approximate surface area is 176 Å². The molecule has 0 saturated carbocycles. The third-order valence-corrected chi connectivity index (χ3v) is 4.84. The molecule has 0 unspecified atom stereocenters. The number of hydrogen-bond donors (Lipinski definition) is 0. The van der Waals surface area contributed by atoms with Gasteiger partial charge in [0.25, 0.3) is 0 Å². The van der Waals surface area contributed by atoms with Crippen molar-refractivity contribution in [3.63, 3.8) is 0 Å². The van der Waals surface area contributed by atoms with Gasteiger partial charge in [0.05, 0.1) is 17.6 Å². The number of rotatable bonds is 6. The second kappa shape index (κ2) is 8.66. The zero-order chi connectivity index (χ0) is 20.9. The molecule has 3 aromatic carbocycles. The van der Waals surface area contributed by atoms with E-state index in [1.807, 2.05) is 122 Å². The summed E-state index contributed by atoms with van der Waals surface area (Å²) in [5, 5.41) is 13.9. The van der Waals surface area contributed by atoms with Gasteiger partial charge in [-0.1, -0.05) is 48.5 Å². The van der Waals surface area contributed by atoms with E-state index in [9.17, 15) is 0 Å². The normalized spacial score (nSPS) is 11.9. The van der Waals surface area contributed by atoms with Gasteiger partial charge in [-0.05, 0) is 48.9 Å². The van der Waals surface area contributed by atoms with Crippen molar-refractivity contribution in [2.45, 2.75) is 6.92 Å². The summed E-state index contributed by atoms with van der Waals surface area (Å²) in [7, 11) is 3.86. The van der Waals surface area contributed by atoms with E-state index in [1.54, 1.807) is 0 Å². The van der Waals surface area contributed by atoms with E-state index in [1.165, 1.54) is 0 Å². The molecule has 0 saturated heterocycles. The monoisotopic (exact) mass is 396 g/mol. The van der Waals surface area contributed by atoms with Crippen LogP contribution in [0.15, 0.2) is 99.5 Å². The molecule has 0 aliphatic carbocycles. The maximum atomic E-state index is 6.07. The van der Waals surface area contributed by atoms with Crippen LogP contribution in [0.5, 0.6) is 0 Å². The molecule has 0 bridgehead atoms. The van der Waals surface area contributed by atoms with E-state index in [0.29, 0.717) is 0 Å². The van der Waals surface area contributed by atoms with Crippen molar-refractivity contribution in [1.29, 1.82) is 0 Å². The molecule has 0 aliphatic heterocycles. The quantitative estimate of drug-likeness (QED) is 0.307. The van der Waals surface area contributed by atoms with Crippen molar-refractivity contribution in [1.82, 2.24) is 0 Å². The Morgan fingerprint density at radius 2 is 1.43 bits per heavy atom. The lowest BCUT2D eigenvalue weighted by atomic mass is 10.2. The number of benzene rings is 3. The summed E-state index contributed by atoms with van der Waals surface area (Å²) in [5.74, 6) is 0.753. The number of anilines is 2. The van der Waals surface area contributed by atoms with Crippen LogP contribution >= 0.6 is 0 Å². The first kappa shape index (κ1) is 19.5. The fourth-order valence-electron chi connectivity index (χ4n) is 3.15. The number of para-hydroxylation sites is 2. The molecule has 0 spiro atoms. The van der Waals surface area contributed by atoms with Gasteiger partial charge < -0.3 is 4.42 Å². The fourth-order valence-corrected chi connectivity index (χ4v) is 3.15. The van der Waals surface area contributed by atoms with Crippen LogP contribution in [-0.4, -0.2) is 26.0 Å². The summed E-state index contributed by atoms with van der Waals surface area (Å²) in [6.45, 7) is 1.95. The molecule has 5 heteroatoms. The number of fused-ring (bicyclic) bond motifs is 1. The third-order valence-electron chi connectivity index (χ3n) is 4.84. The van der Waals surface area contributed by atoms with Crippen molar-refractivity contribution < 1.29 is 4.42 Å². The van der Waals surface area contributed by atoms with Gasteiger partial charge in [0, 0.05) is 19.5 Å². The molecule has 4 aromatic rings. The summed E-state index contributed by atoms with van der Waals surface area (Å²) in [6.07, 6.45) is 1.83. The lowest BCUT2D eigenvalue weighted by Crippen LogP contribution is -2.11. The molecular formula is C25H24N4O. The average molecular weight is 396 g/mol. The highest BCUT2D eigenvalue weighted by Gasteiger charge is 2.09. The minimum atomic E-state index is 0.753. The molecule has 1 heterocycles. The number of hydrazone groups is 2. The standard InChI is InChI=1S/C25H24N4O/c1-19(27-29(3)23-12-8-5-9-13-23)24-17-21-15-14-20(16-25(21)30-24)18-26-28(2)22-10-6-4-7-11-22/h4-18H,1-3H3/b26-18+,27-19+. The van der Waals surface area contributed by atoms with Crippen molar-refractivity contribution >= 4 is 34.3 Å². The van der Waals surface area contributed by atoms with E-state index < -0.39 is 0 Å². The molecule has 0 radical (unpaired) electrons. The van der Waals surface area contributed by atoms with Crippen LogP contribution < -0.4 is 10.0 Å². The molecule has 4 rings (SSSR count). The van der Waals surface area contributed by atoms with Gasteiger partial charge in [0.2, 0.25) is 0 Å². The Hall–Kier alpha value is -3.86. The van der Waals surface area contributed by atoms with Crippen LogP contribution in [0.2, 0.25) is 0 Å². The Morgan fingerprint density at radius 1 is 0.800 bits per heavy atom. The highest BCUT2D eigenvalue weighted by atomic mass is 16.3. The van der Waals surface area contributed by atoms with Crippen LogP contribution in [0, 0.1) is 0 Å². The molecular weight excluding hydrogens is 372 g/mol. The van der Waals surface area contributed by atoms with Crippen molar-refractivity contribution in [2.75, 3.05) is 24.1 Å². The smallest absolute Gasteiger partial charge is 0.151 e. The molecule has 0 atom stereocenters. The summed E-state index contributed by atoms with van der Waals surface area (Å²) < 4.78 is 6.07. The molecule has 0 N–H and O–H groups in total. The maximum Gasteiger partial charge on any atom is 0.151 e. The first-order chi connectivity index (χ1) is 14.6. The van der Waals surface area contributed by atoms with Gasteiger partial charge in [-0.3, -0.25) is 10.0 Å². The topological polar surface area (TPSA) is 44.3 Å². The van der Waals surface area contributed by atoms with Crippen LogP contribution in [0.25, 0.3) is 11.0 Å². The second-order valence-corrected chi connectivity index (χ2v) is 7.06. The van der Waals surface area contributed by atoms with Crippen molar-refractivity contribution in [3.05, 3.63) is 96.3 Å². The van der Waals surface area contributed by atoms with Gasteiger partial charge >= 0.3 is 0 Å². The molecule has 5 nitrogen and oxygen atoms in total. The zero-order valence-electron chi connectivity index (χ0n) is 17.4.